The van der Waals surface area contributed by atoms with Gasteiger partial charge in [-0.15, -0.1) is 0 Å². The SMILES string of the molecule is CCCCN(C)S(=O)(=O)c1ccc(NS(=O)(=O)/C=C/c2ccccc2)cc1. The molecule has 0 spiro atoms. The lowest BCUT2D eigenvalue weighted by Crippen LogP contribution is -2.27. The zero-order valence-electron chi connectivity index (χ0n) is 15.4. The number of unbranched alkanes of at least 4 members (excludes halogenated alkanes) is 1. The maximum atomic E-state index is 12.5. The molecule has 0 heterocycles. The summed E-state index contributed by atoms with van der Waals surface area (Å²) >= 11 is 0. The van der Waals surface area contributed by atoms with Crippen LogP contribution in [0.5, 0.6) is 0 Å². The van der Waals surface area contributed by atoms with Crippen molar-refractivity contribution in [1.29, 1.82) is 0 Å². The smallest absolute Gasteiger partial charge is 0.255 e. The summed E-state index contributed by atoms with van der Waals surface area (Å²) in [5.74, 6) is 0. The van der Waals surface area contributed by atoms with Gasteiger partial charge in [-0.3, -0.25) is 4.72 Å². The Hall–Kier alpha value is -2.16. The quantitative estimate of drug-likeness (QED) is 0.688. The van der Waals surface area contributed by atoms with E-state index in [0.29, 0.717) is 12.2 Å². The molecule has 0 aliphatic rings. The van der Waals surface area contributed by atoms with Gasteiger partial charge in [-0.25, -0.2) is 21.1 Å². The van der Waals surface area contributed by atoms with Crippen molar-refractivity contribution in [2.45, 2.75) is 24.7 Å². The molecule has 0 radical (unpaired) electrons. The van der Waals surface area contributed by atoms with Crippen molar-refractivity contribution in [3.8, 4) is 0 Å². The molecule has 2 aromatic carbocycles. The summed E-state index contributed by atoms with van der Waals surface area (Å²) in [6.07, 6.45) is 3.17. The van der Waals surface area contributed by atoms with Gasteiger partial charge in [0.05, 0.1) is 10.3 Å². The molecule has 0 bridgehead atoms. The van der Waals surface area contributed by atoms with E-state index in [0.717, 1.165) is 23.8 Å². The number of rotatable bonds is 9. The number of benzene rings is 2. The highest BCUT2D eigenvalue weighted by Gasteiger charge is 2.20. The molecule has 0 aliphatic carbocycles. The van der Waals surface area contributed by atoms with Crippen LogP contribution in [0.1, 0.15) is 25.3 Å². The minimum absolute atomic E-state index is 0.129. The minimum Gasteiger partial charge on any atom is -0.280 e. The Kier molecular flexibility index (Phi) is 7.18. The average Bonchev–Trinajstić information content (AvgIpc) is 2.65. The molecule has 0 aromatic heterocycles. The van der Waals surface area contributed by atoms with E-state index in [9.17, 15) is 16.8 Å². The third kappa shape index (κ3) is 6.20. The number of anilines is 1. The molecule has 146 valence electrons. The molecule has 2 rings (SSSR count). The second-order valence-corrected chi connectivity index (χ2v) is 9.68. The van der Waals surface area contributed by atoms with Crippen LogP contribution in [0.3, 0.4) is 0 Å². The van der Waals surface area contributed by atoms with Crippen LogP contribution in [0.2, 0.25) is 0 Å². The van der Waals surface area contributed by atoms with Crippen molar-refractivity contribution in [2.24, 2.45) is 0 Å². The summed E-state index contributed by atoms with van der Waals surface area (Å²) in [5, 5.41) is 1.07. The summed E-state index contributed by atoms with van der Waals surface area (Å²) in [4.78, 5) is 0.129. The summed E-state index contributed by atoms with van der Waals surface area (Å²) in [5.41, 5.74) is 1.06. The van der Waals surface area contributed by atoms with Gasteiger partial charge in [-0.1, -0.05) is 43.7 Å². The Labute approximate surface area is 161 Å². The van der Waals surface area contributed by atoms with E-state index in [4.69, 9.17) is 0 Å². The second-order valence-electron chi connectivity index (χ2n) is 6.07. The van der Waals surface area contributed by atoms with Gasteiger partial charge in [-0.2, -0.15) is 0 Å². The maximum absolute atomic E-state index is 12.5. The first-order chi connectivity index (χ1) is 12.7. The fourth-order valence-corrected chi connectivity index (χ4v) is 4.38. The van der Waals surface area contributed by atoms with Crippen molar-refractivity contribution in [3.63, 3.8) is 0 Å². The molecule has 0 saturated heterocycles. The van der Waals surface area contributed by atoms with Crippen LogP contribution in [0, 0.1) is 0 Å². The highest BCUT2D eigenvalue weighted by Crippen LogP contribution is 2.19. The van der Waals surface area contributed by atoms with E-state index in [-0.39, 0.29) is 4.90 Å². The van der Waals surface area contributed by atoms with Gasteiger partial charge in [0.25, 0.3) is 10.0 Å². The Morgan fingerprint density at radius 3 is 2.19 bits per heavy atom. The largest absolute Gasteiger partial charge is 0.280 e. The summed E-state index contributed by atoms with van der Waals surface area (Å²) in [6.45, 7) is 2.44. The Balaban J connectivity index is 2.10. The van der Waals surface area contributed by atoms with Crippen LogP contribution in [0.15, 0.2) is 64.9 Å². The van der Waals surface area contributed by atoms with E-state index >= 15 is 0 Å². The van der Waals surface area contributed by atoms with Crippen molar-refractivity contribution in [1.82, 2.24) is 4.31 Å². The lowest BCUT2D eigenvalue weighted by atomic mass is 10.2. The molecule has 0 saturated carbocycles. The molecule has 2 aromatic rings. The van der Waals surface area contributed by atoms with Crippen LogP contribution in [-0.4, -0.2) is 34.7 Å². The van der Waals surface area contributed by atoms with E-state index in [1.165, 1.54) is 41.7 Å². The topological polar surface area (TPSA) is 83.6 Å². The molecule has 0 amide bonds. The minimum atomic E-state index is -3.70. The van der Waals surface area contributed by atoms with Crippen LogP contribution >= 0.6 is 0 Å². The van der Waals surface area contributed by atoms with E-state index < -0.39 is 20.0 Å². The van der Waals surface area contributed by atoms with Gasteiger partial charge in [0.15, 0.2) is 0 Å². The molecule has 6 nitrogen and oxygen atoms in total. The summed E-state index contributed by atoms with van der Waals surface area (Å²) in [6, 6.07) is 14.7. The van der Waals surface area contributed by atoms with Gasteiger partial charge in [0, 0.05) is 19.3 Å². The number of hydrogen-bond donors (Lipinski definition) is 1. The standard InChI is InChI=1S/C19H24N2O4S2/c1-3-4-15-21(2)27(24,25)19-12-10-18(11-13-19)20-26(22,23)16-14-17-8-6-5-7-9-17/h5-14,16,20H,3-4,15H2,1-2H3/b16-14+. The molecule has 8 heteroatoms. The first-order valence-corrected chi connectivity index (χ1v) is 11.6. The zero-order valence-corrected chi connectivity index (χ0v) is 17.0. The molecule has 0 fully saturated rings. The summed E-state index contributed by atoms with van der Waals surface area (Å²) in [7, 11) is -5.74. The Bertz CT molecular complexity index is 968. The van der Waals surface area contributed by atoms with Crippen molar-refractivity contribution in [3.05, 3.63) is 65.6 Å². The van der Waals surface area contributed by atoms with Crippen LogP contribution in [-0.2, 0) is 20.0 Å². The molecule has 1 N–H and O–H groups in total. The zero-order chi connectivity index (χ0) is 19.9. The third-order valence-electron chi connectivity index (χ3n) is 3.89. The van der Waals surface area contributed by atoms with E-state index in [2.05, 4.69) is 4.72 Å². The fraction of sp³-hybridized carbons (Fsp3) is 0.263. The highest BCUT2D eigenvalue weighted by molar-refractivity contribution is 7.95. The molecule has 0 aliphatic heterocycles. The van der Waals surface area contributed by atoms with E-state index in [1.807, 2.05) is 25.1 Å². The first kappa shape index (κ1) is 21.1. The second kappa shape index (κ2) is 9.16. The van der Waals surface area contributed by atoms with Gasteiger partial charge in [0.1, 0.15) is 0 Å². The van der Waals surface area contributed by atoms with Crippen molar-refractivity contribution in [2.75, 3.05) is 18.3 Å². The Morgan fingerprint density at radius 1 is 0.963 bits per heavy atom. The number of hydrogen-bond acceptors (Lipinski definition) is 4. The number of nitrogens with zero attached hydrogens (tertiary/aromatic N) is 1. The molecule has 0 atom stereocenters. The molecular weight excluding hydrogens is 384 g/mol. The summed E-state index contributed by atoms with van der Waals surface area (Å²) < 4.78 is 53.0. The predicted molar refractivity (Wildman–Crippen MR) is 109 cm³/mol. The van der Waals surface area contributed by atoms with E-state index in [1.54, 1.807) is 12.1 Å². The lowest BCUT2D eigenvalue weighted by Gasteiger charge is -2.17. The monoisotopic (exact) mass is 408 g/mol. The molecule has 27 heavy (non-hydrogen) atoms. The van der Waals surface area contributed by atoms with Crippen LogP contribution in [0.4, 0.5) is 5.69 Å². The van der Waals surface area contributed by atoms with Crippen LogP contribution in [0.25, 0.3) is 6.08 Å². The first-order valence-electron chi connectivity index (χ1n) is 8.57. The molecule has 0 unspecified atom stereocenters. The Morgan fingerprint density at radius 2 is 1.59 bits per heavy atom. The number of nitrogens with one attached hydrogen (secondary N) is 1. The average molecular weight is 409 g/mol. The van der Waals surface area contributed by atoms with Gasteiger partial charge >= 0.3 is 0 Å². The third-order valence-corrected chi connectivity index (χ3v) is 6.77. The molecular formula is C19H24N2O4S2. The van der Waals surface area contributed by atoms with Gasteiger partial charge in [0.2, 0.25) is 10.0 Å². The van der Waals surface area contributed by atoms with Crippen LogP contribution < -0.4 is 4.72 Å². The maximum Gasteiger partial charge on any atom is 0.255 e. The van der Waals surface area contributed by atoms with Gasteiger partial charge < -0.3 is 0 Å². The highest BCUT2D eigenvalue weighted by atomic mass is 32.2. The lowest BCUT2D eigenvalue weighted by molar-refractivity contribution is 0.459. The predicted octanol–water partition coefficient (Wildman–Crippen LogP) is 3.52. The fourth-order valence-electron chi connectivity index (χ4n) is 2.31. The number of sulfonamides is 2. The van der Waals surface area contributed by atoms with Crippen molar-refractivity contribution >= 4 is 31.8 Å². The normalized spacial score (nSPS) is 12.6. The van der Waals surface area contributed by atoms with Gasteiger partial charge in [-0.05, 0) is 42.3 Å². The van der Waals surface area contributed by atoms with Crippen molar-refractivity contribution < 1.29 is 16.8 Å².